The van der Waals surface area contributed by atoms with Gasteiger partial charge < -0.3 is 10.5 Å². The lowest BCUT2D eigenvalue weighted by atomic mass is 9.95. The molecule has 0 radical (unpaired) electrons. The molecule has 0 spiro atoms. The summed E-state index contributed by atoms with van der Waals surface area (Å²) < 4.78 is 5.83. The van der Waals surface area contributed by atoms with Gasteiger partial charge in [-0.05, 0) is 57.6 Å². The van der Waals surface area contributed by atoms with Crippen LogP contribution >= 0.6 is 11.3 Å². The number of hydrogen-bond acceptors (Lipinski definition) is 3. The molecule has 3 heteroatoms. The summed E-state index contributed by atoms with van der Waals surface area (Å²) in [7, 11) is 0. The van der Waals surface area contributed by atoms with Crippen molar-refractivity contribution in [3.63, 3.8) is 0 Å². The maximum absolute atomic E-state index is 5.83. The third-order valence-corrected chi connectivity index (χ3v) is 4.59. The minimum absolute atomic E-state index is 0.303. The Morgan fingerprint density at radius 2 is 2.41 bits per heavy atom. The number of hydrogen-bond donors (Lipinski definition) is 1. The molecular weight excluding hydrogens is 230 g/mol. The zero-order valence-corrected chi connectivity index (χ0v) is 11.7. The van der Waals surface area contributed by atoms with E-state index < -0.39 is 0 Å². The third-order valence-electron chi connectivity index (χ3n) is 3.32. The maximum atomic E-state index is 5.83. The zero-order valence-electron chi connectivity index (χ0n) is 10.9. The fourth-order valence-corrected chi connectivity index (χ4v) is 3.72. The van der Waals surface area contributed by atoms with E-state index in [9.17, 15) is 0 Å². The lowest BCUT2D eigenvalue weighted by Gasteiger charge is -2.22. The SMILES string of the molecule is CCOC1CCCc2sc(CCC(C)N)cc21. The Kier molecular flexibility index (Phi) is 4.60. The van der Waals surface area contributed by atoms with E-state index >= 15 is 0 Å². The van der Waals surface area contributed by atoms with Gasteiger partial charge in [-0.3, -0.25) is 0 Å². The van der Waals surface area contributed by atoms with Crippen LogP contribution < -0.4 is 5.73 Å². The molecule has 2 atom stereocenters. The highest BCUT2D eigenvalue weighted by Gasteiger charge is 2.23. The largest absolute Gasteiger partial charge is 0.374 e. The first-order chi connectivity index (χ1) is 8.20. The Morgan fingerprint density at radius 1 is 1.59 bits per heavy atom. The van der Waals surface area contributed by atoms with Gasteiger partial charge in [0.1, 0.15) is 0 Å². The minimum atomic E-state index is 0.303. The standard InChI is InChI=1S/C14H23NOS/c1-3-16-13-5-4-6-14-12(13)9-11(17-14)8-7-10(2)15/h9-10,13H,3-8,15H2,1-2H3. The second-order valence-corrected chi connectivity index (χ2v) is 6.16. The van der Waals surface area contributed by atoms with Gasteiger partial charge in [0.15, 0.2) is 0 Å². The molecule has 1 aromatic heterocycles. The monoisotopic (exact) mass is 253 g/mol. The average Bonchev–Trinajstić information content (AvgIpc) is 2.71. The fourth-order valence-electron chi connectivity index (χ4n) is 2.44. The molecule has 0 aromatic carbocycles. The Labute approximate surface area is 108 Å². The minimum Gasteiger partial charge on any atom is -0.374 e. The lowest BCUT2D eigenvalue weighted by molar-refractivity contribution is 0.0506. The van der Waals surface area contributed by atoms with E-state index in [1.807, 2.05) is 11.3 Å². The van der Waals surface area contributed by atoms with E-state index in [1.54, 1.807) is 4.88 Å². The van der Waals surface area contributed by atoms with Crippen LogP contribution in [0.1, 0.15) is 54.5 Å². The second kappa shape index (κ2) is 5.98. The summed E-state index contributed by atoms with van der Waals surface area (Å²) in [6.45, 7) is 4.98. The van der Waals surface area contributed by atoms with Crippen LogP contribution in [0.25, 0.3) is 0 Å². The van der Waals surface area contributed by atoms with Crippen molar-refractivity contribution in [3.8, 4) is 0 Å². The van der Waals surface area contributed by atoms with Crippen LogP contribution in [-0.2, 0) is 17.6 Å². The van der Waals surface area contributed by atoms with Crippen LogP contribution in [0.15, 0.2) is 6.07 Å². The van der Waals surface area contributed by atoms with E-state index in [2.05, 4.69) is 19.9 Å². The summed E-state index contributed by atoms with van der Waals surface area (Å²) in [4.78, 5) is 3.04. The average molecular weight is 253 g/mol. The van der Waals surface area contributed by atoms with Gasteiger partial charge in [0.2, 0.25) is 0 Å². The first kappa shape index (κ1) is 13.1. The van der Waals surface area contributed by atoms with Crippen molar-refractivity contribution in [2.24, 2.45) is 5.73 Å². The van der Waals surface area contributed by atoms with Crippen LogP contribution in [0, 0.1) is 0 Å². The number of nitrogens with two attached hydrogens (primary N) is 1. The molecule has 0 amide bonds. The molecule has 96 valence electrons. The van der Waals surface area contributed by atoms with Crippen LogP contribution in [-0.4, -0.2) is 12.6 Å². The van der Waals surface area contributed by atoms with Crippen molar-refractivity contribution in [3.05, 3.63) is 21.4 Å². The molecule has 2 unspecified atom stereocenters. The highest BCUT2D eigenvalue weighted by Crippen LogP contribution is 2.38. The van der Waals surface area contributed by atoms with Gasteiger partial charge in [0.05, 0.1) is 6.10 Å². The zero-order chi connectivity index (χ0) is 12.3. The van der Waals surface area contributed by atoms with E-state index in [-0.39, 0.29) is 0 Å². The van der Waals surface area contributed by atoms with Crippen LogP contribution in [0.3, 0.4) is 0 Å². The van der Waals surface area contributed by atoms with Crippen molar-refractivity contribution in [2.75, 3.05) is 6.61 Å². The number of rotatable bonds is 5. The molecule has 2 N–H and O–H groups in total. The summed E-state index contributed by atoms with van der Waals surface area (Å²) >= 11 is 1.97. The summed E-state index contributed by atoms with van der Waals surface area (Å²) in [6, 6.07) is 2.67. The Morgan fingerprint density at radius 3 is 3.12 bits per heavy atom. The van der Waals surface area contributed by atoms with Gasteiger partial charge in [-0.25, -0.2) is 0 Å². The van der Waals surface area contributed by atoms with Crippen LogP contribution in [0.4, 0.5) is 0 Å². The maximum Gasteiger partial charge on any atom is 0.0835 e. The molecule has 1 aliphatic carbocycles. The third kappa shape index (κ3) is 3.30. The molecule has 0 bridgehead atoms. The van der Waals surface area contributed by atoms with E-state index in [0.29, 0.717) is 12.1 Å². The predicted octanol–water partition coefficient (Wildman–Crippen LogP) is 3.44. The van der Waals surface area contributed by atoms with Gasteiger partial charge in [-0.15, -0.1) is 11.3 Å². The van der Waals surface area contributed by atoms with E-state index in [4.69, 9.17) is 10.5 Å². The van der Waals surface area contributed by atoms with E-state index in [1.165, 1.54) is 29.7 Å². The summed E-state index contributed by atoms with van der Waals surface area (Å²) in [5.74, 6) is 0. The molecule has 1 aliphatic rings. The van der Waals surface area contributed by atoms with Crippen molar-refractivity contribution >= 4 is 11.3 Å². The second-order valence-electron chi connectivity index (χ2n) is 4.94. The van der Waals surface area contributed by atoms with Crippen molar-refractivity contribution in [2.45, 2.75) is 58.1 Å². The van der Waals surface area contributed by atoms with Gasteiger partial charge in [0, 0.05) is 22.4 Å². The lowest BCUT2D eigenvalue weighted by Crippen LogP contribution is -2.15. The summed E-state index contributed by atoms with van der Waals surface area (Å²) in [5.41, 5.74) is 7.28. The molecule has 0 fully saturated rings. The molecule has 0 saturated carbocycles. The molecule has 2 rings (SSSR count). The van der Waals surface area contributed by atoms with Crippen LogP contribution in [0.2, 0.25) is 0 Å². The first-order valence-corrected chi connectivity index (χ1v) is 7.51. The van der Waals surface area contributed by atoms with Gasteiger partial charge >= 0.3 is 0 Å². The Bertz CT molecular complexity index is 359. The predicted molar refractivity (Wildman–Crippen MR) is 73.6 cm³/mol. The fraction of sp³-hybridized carbons (Fsp3) is 0.714. The number of ether oxygens (including phenoxy) is 1. The Balaban J connectivity index is 2.07. The normalized spacial score (nSPS) is 21.2. The Hall–Kier alpha value is -0.380. The molecule has 2 nitrogen and oxygen atoms in total. The van der Waals surface area contributed by atoms with E-state index in [0.717, 1.165) is 19.4 Å². The molecule has 0 aliphatic heterocycles. The van der Waals surface area contributed by atoms with Crippen molar-refractivity contribution < 1.29 is 4.74 Å². The highest BCUT2D eigenvalue weighted by atomic mass is 32.1. The molecule has 17 heavy (non-hydrogen) atoms. The van der Waals surface area contributed by atoms with Crippen molar-refractivity contribution in [1.82, 2.24) is 0 Å². The highest BCUT2D eigenvalue weighted by molar-refractivity contribution is 7.12. The quantitative estimate of drug-likeness (QED) is 0.872. The number of aryl methyl sites for hydroxylation is 2. The van der Waals surface area contributed by atoms with Gasteiger partial charge in [0.25, 0.3) is 0 Å². The van der Waals surface area contributed by atoms with Gasteiger partial charge in [-0.2, -0.15) is 0 Å². The molecule has 0 saturated heterocycles. The van der Waals surface area contributed by atoms with Crippen molar-refractivity contribution in [1.29, 1.82) is 0 Å². The van der Waals surface area contributed by atoms with Gasteiger partial charge in [-0.1, -0.05) is 0 Å². The molecule has 1 heterocycles. The molecule has 1 aromatic rings. The summed E-state index contributed by atoms with van der Waals surface area (Å²) in [6.07, 6.45) is 6.24. The smallest absolute Gasteiger partial charge is 0.0835 e. The molecular formula is C14H23NOS. The topological polar surface area (TPSA) is 35.2 Å². The number of fused-ring (bicyclic) bond motifs is 1. The number of thiophene rings is 1. The summed E-state index contributed by atoms with van der Waals surface area (Å²) in [5, 5.41) is 0. The first-order valence-electron chi connectivity index (χ1n) is 6.69. The van der Waals surface area contributed by atoms with Crippen LogP contribution in [0.5, 0.6) is 0 Å².